The summed E-state index contributed by atoms with van der Waals surface area (Å²) >= 11 is 1.72. The summed E-state index contributed by atoms with van der Waals surface area (Å²) in [5.74, 6) is 0.924. The summed E-state index contributed by atoms with van der Waals surface area (Å²) in [5.41, 5.74) is 5.03. The predicted octanol–water partition coefficient (Wildman–Crippen LogP) is 8.46. The van der Waals surface area contributed by atoms with Crippen LogP contribution in [0.15, 0.2) is 84.0 Å². The Morgan fingerprint density at radius 3 is 2.33 bits per heavy atom. The smallest absolute Gasteiger partial charge is 0.309 e. The number of carbonyl (C=O) groups excluding carboxylic acids is 1. The predicted molar refractivity (Wildman–Crippen MR) is 203 cm³/mol. The molecule has 0 radical (unpaired) electrons. The molecule has 0 aliphatic carbocycles. The summed E-state index contributed by atoms with van der Waals surface area (Å²) in [6, 6.07) is 22.0. The van der Waals surface area contributed by atoms with Gasteiger partial charge in [0.05, 0.1) is 30.5 Å². The number of thioether (sulfide) groups is 1. The number of para-hydroxylation sites is 1. The third kappa shape index (κ3) is 8.06. The molecule has 1 aliphatic rings. The molecule has 0 amide bonds. The van der Waals surface area contributed by atoms with E-state index in [-0.39, 0.29) is 16.6 Å². The number of carbonyl (C=O) groups is 2. The Balaban J connectivity index is 1.39. The molecule has 1 aliphatic heterocycles. The lowest BCUT2D eigenvalue weighted by Crippen LogP contribution is -2.41. The van der Waals surface area contributed by atoms with Gasteiger partial charge in [-0.15, -0.1) is 11.8 Å². The monoisotopic (exact) mass is 706 g/mol. The van der Waals surface area contributed by atoms with Gasteiger partial charge in [0, 0.05) is 50.5 Å². The third-order valence-corrected chi connectivity index (χ3v) is 10.3. The Kier molecular flexibility index (Phi) is 10.2. The molecule has 1 unspecified atom stereocenters. The Labute approximate surface area is 303 Å². The minimum Gasteiger partial charge on any atom is -0.491 e. The lowest BCUT2D eigenvalue weighted by Gasteiger charge is -2.24. The van der Waals surface area contributed by atoms with Crippen molar-refractivity contribution in [2.75, 3.05) is 11.9 Å². The van der Waals surface area contributed by atoms with Crippen LogP contribution in [-0.4, -0.2) is 54.9 Å². The number of nitrogens with one attached hydrogen (secondary N) is 1. The standard InChI is InChI=1S/C41H46N4O5S/c1-8-49-30-22-42-38(43-23-30)27-15-13-26(14-16-27)24-45-34-18-17-29(50-36(25(2)46)33-19-28-11-9-10-12-32(28)44-33)20-31(34)37(51-40(3,4)5)35(45)21-41(6,7)39(47)48/h9-18,20,22-23,33,36,44H,8,19,21,24H2,1-7H3,(H,47,48)/t33?,36-/m1/s1. The van der Waals surface area contributed by atoms with E-state index in [0.29, 0.717) is 43.3 Å². The maximum absolute atomic E-state index is 13.0. The molecule has 2 atom stereocenters. The molecule has 0 spiro atoms. The number of hydrogen-bond acceptors (Lipinski definition) is 8. The molecule has 2 N–H and O–H groups in total. The number of fused-ring (bicyclic) bond motifs is 2. The lowest BCUT2D eigenvalue weighted by molar-refractivity contribution is -0.146. The number of rotatable bonds is 13. The van der Waals surface area contributed by atoms with Gasteiger partial charge in [-0.05, 0) is 69.5 Å². The van der Waals surface area contributed by atoms with E-state index < -0.39 is 17.5 Å². The molecule has 0 fully saturated rings. The molecule has 266 valence electrons. The number of anilines is 1. The van der Waals surface area contributed by atoms with Crippen LogP contribution in [0.2, 0.25) is 0 Å². The molecule has 3 heterocycles. The average molecular weight is 707 g/mol. The normalized spacial score (nSPS) is 14.9. The number of ether oxygens (including phenoxy) is 2. The quantitative estimate of drug-likeness (QED) is 0.116. The number of ketones is 1. The molecule has 3 aromatic carbocycles. The fourth-order valence-electron chi connectivity index (χ4n) is 6.45. The van der Waals surface area contributed by atoms with Gasteiger partial charge in [-0.25, -0.2) is 9.97 Å². The third-order valence-electron chi connectivity index (χ3n) is 9.01. The maximum Gasteiger partial charge on any atom is 0.309 e. The number of nitrogens with zero attached hydrogens (tertiary/aromatic N) is 3. The van der Waals surface area contributed by atoms with E-state index in [1.807, 2.05) is 55.5 Å². The number of Topliss-reactive ketones (excluding diaryl/α,β-unsaturated/α-hetero) is 1. The molecule has 2 aromatic heterocycles. The maximum atomic E-state index is 13.0. The van der Waals surface area contributed by atoms with Gasteiger partial charge < -0.3 is 24.5 Å². The first-order valence-electron chi connectivity index (χ1n) is 17.4. The molecule has 10 heteroatoms. The van der Waals surface area contributed by atoms with E-state index in [0.717, 1.165) is 38.3 Å². The van der Waals surface area contributed by atoms with Crippen LogP contribution in [0.25, 0.3) is 22.3 Å². The van der Waals surface area contributed by atoms with Crippen molar-refractivity contribution in [2.45, 2.75) is 89.6 Å². The summed E-state index contributed by atoms with van der Waals surface area (Å²) in [4.78, 5) is 35.4. The van der Waals surface area contributed by atoms with Crippen molar-refractivity contribution in [3.05, 3.63) is 95.9 Å². The van der Waals surface area contributed by atoms with Crippen molar-refractivity contribution < 1.29 is 24.2 Å². The van der Waals surface area contributed by atoms with Crippen molar-refractivity contribution >= 4 is 40.1 Å². The summed E-state index contributed by atoms with van der Waals surface area (Å²) in [6.45, 7) is 14.6. The van der Waals surface area contributed by atoms with E-state index in [2.05, 4.69) is 58.8 Å². The average Bonchev–Trinajstić information content (AvgIpc) is 3.62. The zero-order valence-corrected chi connectivity index (χ0v) is 31.1. The van der Waals surface area contributed by atoms with E-state index in [4.69, 9.17) is 9.47 Å². The first-order chi connectivity index (χ1) is 24.2. The molecule has 6 rings (SSSR count). The van der Waals surface area contributed by atoms with Crippen LogP contribution >= 0.6 is 11.8 Å². The molecule has 9 nitrogen and oxygen atoms in total. The Bertz CT molecular complexity index is 2020. The van der Waals surface area contributed by atoms with Crippen LogP contribution < -0.4 is 14.8 Å². The highest BCUT2D eigenvalue weighted by atomic mass is 32.2. The highest BCUT2D eigenvalue weighted by Crippen LogP contribution is 2.44. The summed E-state index contributed by atoms with van der Waals surface area (Å²) in [7, 11) is 0. The first-order valence-corrected chi connectivity index (χ1v) is 18.2. The van der Waals surface area contributed by atoms with Gasteiger partial charge in [-0.1, -0.05) is 63.2 Å². The SMILES string of the molecule is CCOc1cnc(-c2ccc(Cn3c(CC(C)(C)C(=O)O)c(SC(C)(C)C)c4cc(O[C@H](C(C)=O)C5Cc6ccccc6N5)ccc43)cc2)nc1. The number of carboxylic acids is 1. The molecule has 0 bridgehead atoms. The number of carboxylic acid groups (broad SMARTS) is 1. The highest BCUT2D eigenvalue weighted by molar-refractivity contribution is 8.00. The Hall–Kier alpha value is -4.83. The number of hydrogen-bond donors (Lipinski definition) is 2. The van der Waals surface area contributed by atoms with Crippen LogP contribution in [0.4, 0.5) is 5.69 Å². The van der Waals surface area contributed by atoms with Crippen molar-refractivity contribution in [2.24, 2.45) is 5.41 Å². The van der Waals surface area contributed by atoms with Crippen molar-refractivity contribution in [3.63, 3.8) is 0 Å². The second-order valence-corrected chi connectivity index (χ2v) is 16.6. The highest BCUT2D eigenvalue weighted by Gasteiger charge is 2.35. The van der Waals surface area contributed by atoms with Gasteiger partial charge in [-0.2, -0.15) is 0 Å². The molecular formula is C41H46N4O5S. The van der Waals surface area contributed by atoms with Crippen LogP contribution in [0.1, 0.15) is 65.3 Å². The van der Waals surface area contributed by atoms with Crippen molar-refractivity contribution in [1.29, 1.82) is 0 Å². The van der Waals surface area contributed by atoms with Crippen molar-refractivity contribution in [3.8, 4) is 22.9 Å². The Morgan fingerprint density at radius 1 is 1.00 bits per heavy atom. The topological polar surface area (TPSA) is 116 Å². The van der Waals surface area contributed by atoms with E-state index >= 15 is 0 Å². The summed E-state index contributed by atoms with van der Waals surface area (Å²) < 4.78 is 14.1. The minimum absolute atomic E-state index is 0.0507. The van der Waals surface area contributed by atoms with Gasteiger partial charge in [0.2, 0.25) is 0 Å². The minimum atomic E-state index is -1.02. The molecule has 5 aromatic rings. The van der Waals surface area contributed by atoms with Gasteiger partial charge in [-0.3, -0.25) is 9.59 Å². The van der Waals surface area contributed by atoms with E-state index in [1.165, 1.54) is 5.56 Å². The lowest BCUT2D eigenvalue weighted by atomic mass is 9.88. The zero-order chi connectivity index (χ0) is 36.5. The van der Waals surface area contributed by atoms with Crippen LogP contribution in [-0.2, 0) is 29.0 Å². The number of aromatic nitrogens is 3. The Morgan fingerprint density at radius 2 is 1.71 bits per heavy atom. The van der Waals surface area contributed by atoms with Gasteiger partial charge in [0.25, 0.3) is 0 Å². The molecule has 0 saturated carbocycles. The summed E-state index contributed by atoms with van der Waals surface area (Å²) in [6.07, 6.45) is 3.69. The largest absolute Gasteiger partial charge is 0.491 e. The van der Waals surface area contributed by atoms with E-state index in [1.54, 1.807) is 44.9 Å². The second-order valence-electron chi connectivity index (χ2n) is 14.8. The van der Waals surface area contributed by atoms with Gasteiger partial charge in [0.1, 0.15) is 5.75 Å². The molecule has 0 saturated heterocycles. The first kappa shape index (κ1) is 36.0. The van der Waals surface area contributed by atoms with Crippen LogP contribution in [0.3, 0.4) is 0 Å². The van der Waals surface area contributed by atoms with Crippen molar-refractivity contribution in [1.82, 2.24) is 14.5 Å². The fourth-order valence-corrected chi connectivity index (χ4v) is 7.64. The van der Waals surface area contributed by atoms with E-state index in [9.17, 15) is 14.7 Å². The fraction of sp³-hybridized carbons (Fsp3) is 0.366. The zero-order valence-electron chi connectivity index (χ0n) is 30.3. The van der Waals surface area contributed by atoms with Crippen LogP contribution in [0, 0.1) is 5.41 Å². The molecular weight excluding hydrogens is 661 g/mol. The van der Waals surface area contributed by atoms with Gasteiger partial charge >= 0.3 is 5.97 Å². The van der Waals surface area contributed by atoms with Gasteiger partial charge in [0.15, 0.2) is 23.5 Å². The second kappa shape index (κ2) is 14.4. The molecule has 51 heavy (non-hydrogen) atoms. The van der Waals surface area contributed by atoms with Crippen LogP contribution in [0.5, 0.6) is 11.5 Å². The summed E-state index contributed by atoms with van der Waals surface area (Å²) in [5, 5.41) is 14.7. The number of benzene rings is 3. The number of aliphatic carboxylic acids is 1.